The number of ether oxygens (including phenoxy) is 1. The van der Waals surface area contributed by atoms with Gasteiger partial charge in [0.15, 0.2) is 5.75 Å². The molecule has 11 rings (SSSR count). The van der Waals surface area contributed by atoms with Crippen LogP contribution in [0.25, 0.3) is 60.2 Å². The average molecular weight is 532 g/mol. The molecule has 0 saturated carbocycles. The summed E-state index contributed by atoms with van der Waals surface area (Å²) in [5.74, 6) is 1.81. The Labute approximate surface area is 241 Å². The van der Waals surface area contributed by atoms with Gasteiger partial charge in [0.2, 0.25) is 0 Å². The molecule has 0 bridgehead atoms. The van der Waals surface area contributed by atoms with Crippen LogP contribution in [-0.2, 0) is 0 Å². The highest BCUT2D eigenvalue weighted by Gasteiger charge is 2.47. The third-order valence-corrected chi connectivity index (χ3v) is 9.69. The van der Waals surface area contributed by atoms with Crippen LogP contribution in [0, 0.1) is 0 Å². The third-order valence-electron chi connectivity index (χ3n) is 9.69. The first-order valence-electron chi connectivity index (χ1n) is 14.6. The van der Waals surface area contributed by atoms with Crippen molar-refractivity contribution in [3.8, 4) is 28.3 Å². The van der Waals surface area contributed by atoms with Gasteiger partial charge in [-0.05, 0) is 51.5 Å². The van der Waals surface area contributed by atoms with E-state index in [1.807, 2.05) is 0 Å². The number of fused-ring (bicyclic) bond motifs is 13. The Morgan fingerprint density at radius 2 is 1.24 bits per heavy atom. The van der Waals surface area contributed by atoms with Gasteiger partial charge in [0.25, 0.3) is 0 Å². The highest BCUT2D eigenvalue weighted by atomic mass is 16.5. The van der Waals surface area contributed by atoms with E-state index >= 15 is 0 Å². The van der Waals surface area contributed by atoms with Crippen LogP contribution < -0.4 is 20.5 Å². The third kappa shape index (κ3) is 2.35. The molecule has 0 saturated heterocycles. The van der Waals surface area contributed by atoms with E-state index in [1.54, 1.807) is 0 Å². The van der Waals surface area contributed by atoms with E-state index in [0.29, 0.717) is 0 Å². The first-order valence-corrected chi connectivity index (χ1v) is 14.6. The van der Waals surface area contributed by atoms with Gasteiger partial charge in [0, 0.05) is 27.1 Å². The topological polar surface area (TPSA) is 17.4 Å². The molecule has 0 atom stereocenters. The summed E-state index contributed by atoms with van der Waals surface area (Å²) in [6.45, 7) is 0.00471. The van der Waals surface area contributed by atoms with E-state index in [0.717, 1.165) is 22.9 Å². The molecule has 0 fully saturated rings. The second kappa shape index (κ2) is 7.23. The van der Waals surface area contributed by atoms with E-state index in [2.05, 4.69) is 137 Å². The van der Waals surface area contributed by atoms with Crippen LogP contribution in [0.15, 0.2) is 127 Å². The number of para-hydroxylation sites is 4. The molecule has 0 N–H and O–H groups in total. The van der Waals surface area contributed by atoms with Gasteiger partial charge in [-0.2, -0.15) is 0 Å². The zero-order valence-electron chi connectivity index (χ0n) is 22.5. The molecule has 3 aliphatic heterocycles. The Morgan fingerprint density at radius 3 is 2.19 bits per heavy atom. The van der Waals surface area contributed by atoms with Gasteiger partial charge < -0.3 is 14.1 Å². The highest BCUT2D eigenvalue weighted by molar-refractivity contribution is 6.94. The fraction of sp³-hybridized carbons (Fsp3) is 0. The molecule has 42 heavy (non-hydrogen) atoms. The Hall–Kier alpha value is -5.48. The Balaban J connectivity index is 1.43. The lowest BCUT2D eigenvalue weighted by Crippen LogP contribution is -2.61. The van der Waals surface area contributed by atoms with Gasteiger partial charge in [-0.1, -0.05) is 103 Å². The Kier molecular flexibility index (Phi) is 3.67. The molecule has 8 aromatic rings. The van der Waals surface area contributed by atoms with Crippen molar-refractivity contribution in [1.29, 1.82) is 0 Å². The number of rotatable bonds is 0. The van der Waals surface area contributed by atoms with E-state index in [-0.39, 0.29) is 6.85 Å². The molecule has 0 radical (unpaired) electrons. The standard InChI is InChI=1S/C38H21BN2O/c1-3-11-24-22(9-1)19-20-28-26-13-7-15-30-36(26)40(35(24)28)38-25-12-4-2-10-23(25)21-29-27-14-8-18-33-37(27)41(39(30)34(29)38)31-16-5-6-17-32(31)42-33/h1-21H. The van der Waals surface area contributed by atoms with Crippen molar-refractivity contribution in [2.45, 2.75) is 0 Å². The van der Waals surface area contributed by atoms with Gasteiger partial charge in [0.05, 0.1) is 28.1 Å². The fourth-order valence-corrected chi connectivity index (χ4v) is 8.13. The lowest BCUT2D eigenvalue weighted by molar-refractivity contribution is 0.478. The summed E-state index contributed by atoms with van der Waals surface area (Å²) < 4.78 is 9.16. The minimum absolute atomic E-state index is 0.00471. The van der Waals surface area contributed by atoms with Gasteiger partial charge in [-0.25, -0.2) is 0 Å². The predicted molar refractivity (Wildman–Crippen MR) is 175 cm³/mol. The molecule has 0 amide bonds. The molecule has 192 valence electrons. The van der Waals surface area contributed by atoms with Crippen molar-refractivity contribution in [3.63, 3.8) is 0 Å². The van der Waals surface area contributed by atoms with Gasteiger partial charge in [0.1, 0.15) is 5.75 Å². The lowest BCUT2D eigenvalue weighted by Gasteiger charge is -2.45. The molecule has 0 aliphatic carbocycles. The normalized spacial score (nSPS) is 13.8. The van der Waals surface area contributed by atoms with Crippen LogP contribution in [0.1, 0.15) is 0 Å². The van der Waals surface area contributed by atoms with Crippen LogP contribution in [0.2, 0.25) is 0 Å². The average Bonchev–Trinajstić information content (AvgIpc) is 3.39. The van der Waals surface area contributed by atoms with Crippen molar-refractivity contribution in [2.75, 3.05) is 4.81 Å². The SMILES string of the molecule is c1ccc2c(c1)Oc1cccc3c1N2B1c2c-3cc3ccccc3c2-n2c3c1cccc3c1ccc3ccccc3c12. The molecule has 0 spiro atoms. The summed E-state index contributed by atoms with van der Waals surface area (Å²) in [4.78, 5) is 2.55. The van der Waals surface area contributed by atoms with Crippen LogP contribution in [0.3, 0.4) is 0 Å². The molecule has 0 unspecified atom stereocenters. The van der Waals surface area contributed by atoms with Gasteiger partial charge >= 0.3 is 6.85 Å². The van der Waals surface area contributed by atoms with E-state index in [1.165, 1.54) is 71.1 Å². The van der Waals surface area contributed by atoms with Crippen LogP contribution in [-0.4, -0.2) is 11.4 Å². The highest BCUT2D eigenvalue weighted by Crippen LogP contribution is 2.54. The van der Waals surface area contributed by atoms with Gasteiger partial charge in [-0.3, -0.25) is 0 Å². The Morgan fingerprint density at radius 1 is 0.500 bits per heavy atom. The molecule has 4 heteroatoms. The van der Waals surface area contributed by atoms with Crippen molar-refractivity contribution in [2.24, 2.45) is 0 Å². The van der Waals surface area contributed by atoms with Crippen LogP contribution in [0.5, 0.6) is 11.5 Å². The maximum absolute atomic E-state index is 6.56. The molecule has 3 aliphatic rings. The maximum atomic E-state index is 6.56. The first-order chi connectivity index (χ1) is 20.9. The number of hydrogen-bond donors (Lipinski definition) is 0. The van der Waals surface area contributed by atoms with Crippen LogP contribution >= 0.6 is 0 Å². The predicted octanol–water partition coefficient (Wildman–Crippen LogP) is 8.43. The van der Waals surface area contributed by atoms with Crippen molar-refractivity contribution in [1.82, 2.24) is 4.57 Å². The summed E-state index contributed by atoms with van der Waals surface area (Å²) in [5, 5.41) is 7.68. The number of hydrogen-bond acceptors (Lipinski definition) is 2. The second-order valence-electron chi connectivity index (χ2n) is 11.7. The molecule has 7 aromatic carbocycles. The molecular weight excluding hydrogens is 511 g/mol. The van der Waals surface area contributed by atoms with Crippen molar-refractivity contribution < 1.29 is 4.74 Å². The summed E-state index contributed by atoms with van der Waals surface area (Å²) in [6, 6.07) is 46.6. The van der Waals surface area contributed by atoms with E-state index < -0.39 is 0 Å². The lowest BCUT2D eigenvalue weighted by atomic mass is 9.43. The molecular formula is C38H21BN2O. The largest absolute Gasteiger partial charge is 0.453 e. The summed E-state index contributed by atoms with van der Waals surface area (Å²) in [7, 11) is 0. The second-order valence-corrected chi connectivity index (χ2v) is 11.7. The minimum atomic E-state index is 0.00471. The zero-order chi connectivity index (χ0) is 27.1. The smallest absolute Gasteiger partial charge is 0.333 e. The summed E-state index contributed by atoms with van der Waals surface area (Å²) in [6.07, 6.45) is 0. The number of nitrogens with zero attached hydrogens (tertiary/aromatic N) is 2. The molecule has 4 heterocycles. The quantitative estimate of drug-likeness (QED) is 0.183. The van der Waals surface area contributed by atoms with Gasteiger partial charge in [-0.15, -0.1) is 0 Å². The molecule has 3 nitrogen and oxygen atoms in total. The maximum Gasteiger partial charge on any atom is 0.333 e. The molecule has 1 aromatic heterocycles. The number of benzene rings is 7. The Bertz CT molecular complexity index is 2530. The van der Waals surface area contributed by atoms with E-state index in [4.69, 9.17) is 4.74 Å². The van der Waals surface area contributed by atoms with Crippen LogP contribution in [0.4, 0.5) is 11.4 Å². The van der Waals surface area contributed by atoms with Crippen molar-refractivity contribution in [3.05, 3.63) is 127 Å². The van der Waals surface area contributed by atoms with E-state index in [9.17, 15) is 0 Å². The minimum Gasteiger partial charge on any atom is -0.453 e. The first kappa shape index (κ1) is 21.3. The monoisotopic (exact) mass is 532 g/mol. The zero-order valence-corrected chi connectivity index (χ0v) is 22.5. The summed E-state index contributed by atoms with van der Waals surface area (Å²) >= 11 is 0. The fourth-order valence-electron chi connectivity index (χ4n) is 8.13. The van der Waals surface area contributed by atoms with Crippen molar-refractivity contribution >= 4 is 72.5 Å². The number of anilines is 2. The number of aromatic nitrogens is 1. The summed E-state index contributed by atoms with van der Waals surface area (Å²) in [5.41, 5.74) is 11.3.